The van der Waals surface area contributed by atoms with E-state index < -0.39 is 11.8 Å². The summed E-state index contributed by atoms with van der Waals surface area (Å²) in [5.74, 6) is -2.65. The predicted octanol–water partition coefficient (Wildman–Crippen LogP) is 1.42. The minimum absolute atomic E-state index is 0.748. The number of alkyl halides is 1. The molecule has 0 unspecified atom stereocenters. The van der Waals surface area contributed by atoms with Gasteiger partial charge in [0, 0.05) is 19.9 Å². The average Bonchev–Trinajstić information content (AvgIpc) is 1.62. The van der Waals surface area contributed by atoms with Crippen LogP contribution in [0.1, 0.15) is 13.8 Å². The Morgan fingerprint density at radius 3 is 2.33 bits per heavy atom. The molecule has 0 bridgehead atoms. The molecule has 0 saturated carbocycles. The molecular weight excluding hydrogens is 123 g/mol. The highest BCUT2D eigenvalue weighted by molar-refractivity contribution is 5.81. The summed E-state index contributed by atoms with van der Waals surface area (Å²) in [7, 11) is 0. The summed E-state index contributed by atoms with van der Waals surface area (Å²) in [5, 5.41) is 0. The molecule has 0 aromatic rings. The third kappa shape index (κ3) is 5.00. The highest BCUT2D eigenvalue weighted by Gasteiger charge is 2.18. The highest BCUT2D eigenvalue weighted by Crippen LogP contribution is 2.09. The van der Waals surface area contributed by atoms with E-state index in [-0.39, 0.29) is 0 Å². The largest absolute Gasteiger partial charge is 0.426 e. The fourth-order valence-corrected chi connectivity index (χ4v) is 0.281. The SMILES string of the molecule is C=CC(=O)OC(C)(C)F. The van der Waals surface area contributed by atoms with E-state index in [0.717, 1.165) is 19.9 Å². The van der Waals surface area contributed by atoms with Crippen molar-refractivity contribution in [2.24, 2.45) is 0 Å². The molecule has 0 N–H and O–H groups in total. The van der Waals surface area contributed by atoms with Crippen LogP contribution in [-0.2, 0) is 9.53 Å². The zero-order valence-corrected chi connectivity index (χ0v) is 5.48. The molecule has 0 aliphatic carbocycles. The lowest BCUT2D eigenvalue weighted by Gasteiger charge is -2.12. The Bertz CT molecular complexity index is 124. The zero-order chi connectivity index (χ0) is 7.49. The lowest BCUT2D eigenvalue weighted by atomic mass is 10.4. The van der Waals surface area contributed by atoms with Crippen LogP contribution in [0.2, 0.25) is 0 Å². The van der Waals surface area contributed by atoms with E-state index in [1.165, 1.54) is 0 Å². The van der Waals surface area contributed by atoms with Crippen LogP contribution in [0.3, 0.4) is 0 Å². The van der Waals surface area contributed by atoms with Gasteiger partial charge in [0.05, 0.1) is 0 Å². The minimum atomic E-state index is -1.90. The molecule has 0 heterocycles. The normalized spacial score (nSPS) is 10.6. The molecule has 3 heteroatoms. The molecule has 2 nitrogen and oxygen atoms in total. The van der Waals surface area contributed by atoms with Crippen LogP contribution in [0.5, 0.6) is 0 Å². The van der Waals surface area contributed by atoms with E-state index >= 15 is 0 Å². The van der Waals surface area contributed by atoms with Gasteiger partial charge in [-0.15, -0.1) is 0 Å². The van der Waals surface area contributed by atoms with Gasteiger partial charge in [0.25, 0.3) is 0 Å². The zero-order valence-electron chi connectivity index (χ0n) is 5.48. The van der Waals surface area contributed by atoms with Crippen molar-refractivity contribution in [3.05, 3.63) is 12.7 Å². The summed E-state index contributed by atoms with van der Waals surface area (Å²) < 4.78 is 16.5. The molecule has 0 radical (unpaired) electrons. The monoisotopic (exact) mass is 132 g/mol. The summed E-state index contributed by atoms with van der Waals surface area (Å²) in [6, 6.07) is 0. The van der Waals surface area contributed by atoms with Crippen LogP contribution in [0.4, 0.5) is 4.39 Å². The van der Waals surface area contributed by atoms with Crippen molar-refractivity contribution < 1.29 is 13.9 Å². The first kappa shape index (κ1) is 8.14. The summed E-state index contributed by atoms with van der Waals surface area (Å²) >= 11 is 0. The number of carbonyl (C=O) groups is 1. The second-order valence-electron chi connectivity index (χ2n) is 1.99. The van der Waals surface area contributed by atoms with E-state index in [1.807, 2.05) is 0 Å². The second kappa shape index (κ2) is 2.62. The quantitative estimate of drug-likeness (QED) is 0.419. The summed E-state index contributed by atoms with van der Waals surface area (Å²) in [6.45, 7) is 5.40. The molecule has 52 valence electrons. The van der Waals surface area contributed by atoms with E-state index in [4.69, 9.17) is 0 Å². The van der Waals surface area contributed by atoms with Crippen LogP contribution in [0.25, 0.3) is 0 Å². The Morgan fingerprint density at radius 2 is 2.22 bits per heavy atom. The fourth-order valence-electron chi connectivity index (χ4n) is 0.281. The number of halogens is 1. The molecule has 9 heavy (non-hydrogen) atoms. The molecule has 0 aromatic heterocycles. The predicted molar refractivity (Wildman–Crippen MR) is 31.5 cm³/mol. The van der Waals surface area contributed by atoms with Gasteiger partial charge in [-0.2, -0.15) is 4.39 Å². The van der Waals surface area contributed by atoms with E-state index in [0.29, 0.717) is 0 Å². The highest BCUT2D eigenvalue weighted by atomic mass is 19.2. The van der Waals surface area contributed by atoms with Gasteiger partial charge in [0.2, 0.25) is 5.85 Å². The van der Waals surface area contributed by atoms with Gasteiger partial charge >= 0.3 is 5.97 Å². The smallest absolute Gasteiger partial charge is 0.332 e. The third-order valence-electron chi connectivity index (χ3n) is 0.510. The molecule has 0 atom stereocenters. The van der Waals surface area contributed by atoms with Crippen molar-refractivity contribution in [2.45, 2.75) is 19.7 Å². The van der Waals surface area contributed by atoms with Crippen molar-refractivity contribution in [2.75, 3.05) is 0 Å². The maximum Gasteiger partial charge on any atom is 0.332 e. The van der Waals surface area contributed by atoms with E-state index in [2.05, 4.69) is 11.3 Å². The van der Waals surface area contributed by atoms with Crippen LogP contribution in [0, 0.1) is 0 Å². The summed E-state index contributed by atoms with van der Waals surface area (Å²) in [5.41, 5.74) is 0. The van der Waals surface area contributed by atoms with Crippen molar-refractivity contribution >= 4 is 5.97 Å². The maximum absolute atomic E-state index is 12.3. The van der Waals surface area contributed by atoms with Gasteiger partial charge < -0.3 is 4.74 Å². The molecule has 0 amide bonds. The van der Waals surface area contributed by atoms with Gasteiger partial charge in [-0.25, -0.2) is 4.79 Å². The molecule has 0 saturated heterocycles. The molecule has 0 rings (SSSR count). The van der Waals surface area contributed by atoms with Crippen molar-refractivity contribution in [3.63, 3.8) is 0 Å². The van der Waals surface area contributed by atoms with Gasteiger partial charge in [-0.3, -0.25) is 0 Å². The minimum Gasteiger partial charge on any atom is -0.426 e. The van der Waals surface area contributed by atoms with Crippen LogP contribution in [0.15, 0.2) is 12.7 Å². The van der Waals surface area contributed by atoms with Crippen LogP contribution < -0.4 is 0 Å². The molecule has 0 aliphatic heterocycles. The maximum atomic E-state index is 12.3. The van der Waals surface area contributed by atoms with Crippen LogP contribution in [-0.4, -0.2) is 11.8 Å². The number of rotatable bonds is 2. The number of esters is 1. The van der Waals surface area contributed by atoms with E-state index in [9.17, 15) is 9.18 Å². The topological polar surface area (TPSA) is 26.3 Å². The first-order valence-corrected chi connectivity index (χ1v) is 2.50. The number of ether oxygens (including phenoxy) is 1. The third-order valence-corrected chi connectivity index (χ3v) is 0.510. The van der Waals surface area contributed by atoms with Gasteiger partial charge in [-0.05, 0) is 0 Å². The van der Waals surface area contributed by atoms with E-state index in [1.54, 1.807) is 0 Å². The Balaban J connectivity index is 3.74. The fraction of sp³-hybridized carbons (Fsp3) is 0.500. The molecule has 0 aliphatic rings. The van der Waals surface area contributed by atoms with Crippen LogP contribution >= 0.6 is 0 Å². The van der Waals surface area contributed by atoms with Crippen molar-refractivity contribution in [3.8, 4) is 0 Å². The molecule has 0 spiro atoms. The summed E-state index contributed by atoms with van der Waals surface area (Å²) in [6.07, 6.45) is 0.918. The van der Waals surface area contributed by atoms with Gasteiger partial charge in [0.15, 0.2) is 0 Å². The molecular formula is C6H9FO2. The first-order chi connectivity index (χ1) is 3.95. The Labute approximate surface area is 53.3 Å². The number of carbonyl (C=O) groups excluding carboxylic acids is 1. The number of hydrogen-bond acceptors (Lipinski definition) is 2. The number of hydrogen-bond donors (Lipinski definition) is 0. The van der Waals surface area contributed by atoms with Crippen molar-refractivity contribution in [1.29, 1.82) is 0 Å². The molecule has 0 aromatic carbocycles. The Morgan fingerprint density at radius 1 is 1.78 bits per heavy atom. The molecule has 0 fully saturated rings. The second-order valence-corrected chi connectivity index (χ2v) is 1.99. The van der Waals surface area contributed by atoms with Gasteiger partial charge in [-0.1, -0.05) is 6.58 Å². The Hall–Kier alpha value is -0.860. The average molecular weight is 132 g/mol. The Kier molecular flexibility index (Phi) is 2.37. The van der Waals surface area contributed by atoms with Crippen molar-refractivity contribution in [1.82, 2.24) is 0 Å². The van der Waals surface area contributed by atoms with Gasteiger partial charge in [0.1, 0.15) is 0 Å². The standard InChI is InChI=1S/C6H9FO2/c1-4-5(8)9-6(2,3)7/h4H,1H2,2-3H3. The first-order valence-electron chi connectivity index (χ1n) is 2.50. The summed E-state index contributed by atoms with van der Waals surface area (Å²) in [4.78, 5) is 10.2. The lowest BCUT2D eigenvalue weighted by molar-refractivity contribution is -0.167. The lowest BCUT2D eigenvalue weighted by Crippen LogP contribution is -2.20.